The number of fused-ring (bicyclic) bond motifs is 1. The molecule has 0 bridgehead atoms. The molecule has 1 fully saturated rings. The monoisotopic (exact) mass is 276 g/mol. The molecular formula is C16H24N2O2. The van der Waals surface area contributed by atoms with E-state index in [1.54, 1.807) is 0 Å². The lowest BCUT2D eigenvalue weighted by Crippen LogP contribution is -2.55. The standard InChI is InChI=1S/C16H24N2O2/c1-16(2,18-6-9-19-10-7-18)15(17)13-3-4-14-12(11-13)5-8-20-14/h3-4,11,15H,5-10,17H2,1-2H3. The molecule has 0 radical (unpaired) electrons. The van der Waals surface area contributed by atoms with Gasteiger partial charge in [-0.3, -0.25) is 4.90 Å². The van der Waals surface area contributed by atoms with E-state index in [-0.39, 0.29) is 11.6 Å². The summed E-state index contributed by atoms with van der Waals surface area (Å²) < 4.78 is 11.0. The summed E-state index contributed by atoms with van der Waals surface area (Å²) in [5.74, 6) is 1.02. The van der Waals surface area contributed by atoms with E-state index in [1.807, 2.05) is 0 Å². The lowest BCUT2D eigenvalue weighted by Gasteiger charge is -2.44. The van der Waals surface area contributed by atoms with Crippen LogP contribution in [0.25, 0.3) is 0 Å². The number of nitrogens with two attached hydrogens (primary N) is 1. The maximum Gasteiger partial charge on any atom is 0.122 e. The fraction of sp³-hybridized carbons (Fsp3) is 0.625. The lowest BCUT2D eigenvalue weighted by atomic mass is 9.86. The van der Waals surface area contributed by atoms with E-state index in [9.17, 15) is 0 Å². The first-order valence-electron chi connectivity index (χ1n) is 7.43. The van der Waals surface area contributed by atoms with Crippen molar-refractivity contribution in [2.45, 2.75) is 31.8 Å². The van der Waals surface area contributed by atoms with Gasteiger partial charge >= 0.3 is 0 Å². The minimum Gasteiger partial charge on any atom is -0.493 e. The molecule has 2 aliphatic rings. The molecule has 0 aliphatic carbocycles. The fourth-order valence-corrected chi connectivity index (χ4v) is 3.14. The van der Waals surface area contributed by atoms with Gasteiger partial charge in [-0.05, 0) is 31.0 Å². The molecule has 2 aliphatic heterocycles. The first-order chi connectivity index (χ1) is 9.59. The molecule has 110 valence electrons. The number of benzene rings is 1. The van der Waals surface area contributed by atoms with Gasteiger partial charge in [-0.2, -0.15) is 0 Å². The average molecular weight is 276 g/mol. The lowest BCUT2D eigenvalue weighted by molar-refractivity contribution is -0.0190. The largest absolute Gasteiger partial charge is 0.493 e. The average Bonchev–Trinajstić information content (AvgIpc) is 2.94. The van der Waals surface area contributed by atoms with Crippen LogP contribution in [-0.2, 0) is 11.2 Å². The third kappa shape index (κ3) is 2.43. The highest BCUT2D eigenvalue weighted by atomic mass is 16.5. The van der Waals surface area contributed by atoms with Gasteiger partial charge in [0.05, 0.1) is 19.8 Å². The van der Waals surface area contributed by atoms with Gasteiger partial charge in [-0.1, -0.05) is 12.1 Å². The van der Waals surface area contributed by atoms with Gasteiger partial charge in [0.1, 0.15) is 5.75 Å². The van der Waals surface area contributed by atoms with Crippen molar-refractivity contribution in [2.75, 3.05) is 32.9 Å². The first kappa shape index (κ1) is 13.9. The van der Waals surface area contributed by atoms with E-state index in [2.05, 4.69) is 36.9 Å². The number of hydrogen-bond acceptors (Lipinski definition) is 4. The summed E-state index contributed by atoms with van der Waals surface area (Å²) >= 11 is 0. The fourth-order valence-electron chi connectivity index (χ4n) is 3.14. The second-order valence-corrected chi connectivity index (χ2v) is 6.20. The zero-order valence-corrected chi connectivity index (χ0v) is 12.4. The molecule has 4 heteroatoms. The van der Waals surface area contributed by atoms with Crippen molar-refractivity contribution in [1.82, 2.24) is 4.90 Å². The number of hydrogen-bond donors (Lipinski definition) is 1. The zero-order valence-electron chi connectivity index (χ0n) is 12.4. The summed E-state index contributed by atoms with van der Waals surface area (Å²) in [6.45, 7) is 8.76. The van der Waals surface area contributed by atoms with Crippen LogP contribution in [0.1, 0.15) is 31.0 Å². The molecule has 1 aromatic rings. The molecule has 0 aromatic heterocycles. The first-order valence-corrected chi connectivity index (χ1v) is 7.43. The van der Waals surface area contributed by atoms with Crippen LogP contribution in [0, 0.1) is 0 Å². The van der Waals surface area contributed by atoms with Crippen LogP contribution in [0.3, 0.4) is 0 Å². The van der Waals surface area contributed by atoms with E-state index in [0.29, 0.717) is 0 Å². The molecule has 1 aromatic carbocycles. The molecule has 0 spiro atoms. The summed E-state index contributed by atoms with van der Waals surface area (Å²) in [5, 5.41) is 0. The Morgan fingerprint density at radius 3 is 2.70 bits per heavy atom. The van der Waals surface area contributed by atoms with E-state index in [1.165, 1.54) is 11.1 Å². The second-order valence-electron chi connectivity index (χ2n) is 6.20. The molecule has 4 nitrogen and oxygen atoms in total. The Kier molecular flexibility index (Phi) is 3.71. The van der Waals surface area contributed by atoms with Crippen molar-refractivity contribution in [3.63, 3.8) is 0 Å². The zero-order chi connectivity index (χ0) is 14.2. The number of rotatable bonds is 3. The molecule has 20 heavy (non-hydrogen) atoms. The Morgan fingerprint density at radius 2 is 1.95 bits per heavy atom. The predicted molar refractivity (Wildman–Crippen MR) is 79.0 cm³/mol. The molecule has 1 unspecified atom stereocenters. The van der Waals surface area contributed by atoms with Gasteiger partial charge in [0.2, 0.25) is 0 Å². The summed E-state index contributed by atoms with van der Waals surface area (Å²) in [6.07, 6.45) is 0.994. The molecule has 2 N–H and O–H groups in total. The van der Waals surface area contributed by atoms with Crippen LogP contribution < -0.4 is 10.5 Å². The van der Waals surface area contributed by atoms with Gasteiger partial charge < -0.3 is 15.2 Å². The van der Waals surface area contributed by atoms with E-state index in [0.717, 1.165) is 45.1 Å². The Hall–Kier alpha value is -1.10. The van der Waals surface area contributed by atoms with Crippen molar-refractivity contribution in [3.8, 4) is 5.75 Å². The van der Waals surface area contributed by atoms with Gasteiger partial charge in [-0.15, -0.1) is 0 Å². The van der Waals surface area contributed by atoms with Gasteiger partial charge in [0.15, 0.2) is 0 Å². The Morgan fingerprint density at radius 1 is 1.20 bits per heavy atom. The Balaban J connectivity index is 1.81. The van der Waals surface area contributed by atoms with Crippen molar-refractivity contribution in [3.05, 3.63) is 29.3 Å². The summed E-state index contributed by atoms with van der Waals surface area (Å²) in [5.41, 5.74) is 8.99. The third-order valence-electron chi connectivity index (χ3n) is 4.66. The maximum absolute atomic E-state index is 6.57. The molecule has 0 amide bonds. The Labute approximate surface area is 120 Å². The van der Waals surface area contributed by atoms with Gasteiger partial charge in [0, 0.05) is 31.1 Å². The number of ether oxygens (including phenoxy) is 2. The highest BCUT2D eigenvalue weighted by Crippen LogP contribution is 2.33. The van der Waals surface area contributed by atoms with E-state index in [4.69, 9.17) is 15.2 Å². The SMILES string of the molecule is CC(C)(C(N)c1ccc2c(c1)CCO2)N1CCOCC1. The van der Waals surface area contributed by atoms with Gasteiger partial charge in [-0.25, -0.2) is 0 Å². The molecule has 2 heterocycles. The van der Waals surface area contributed by atoms with Crippen LogP contribution in [0.4, 0.5) is 0 Å². The van der Waals surface area contributed by atoms with Crippen LogP contribution in [0.15, 0.2) is 18.2 Å². The minimum absolute atomic E-state index is 0.00787. The minimum atomic E-state index is -0.0719. The van der Waals surface area contributed by atoms with Crippen molar-refractivity contribution in [2.24, 2.45) is 5.73 Å². The summed E-state index contributed by atoms with van der Waals surface area (Å²) in [4.78, 5) is 2.44. The summed E-state index contributed by atoms with van der Waals surface area (Å²) in [7, 11) is 0. The molecular weight excluding hydrogens is 252 g/mol. The molecule has 0 saturated carbocycles. The van der Waals surface area contributed by atoms with Crippen LogP contribution in [0.5, 0.6) is 5.75 Å². The van der Waals surface area contributed by atoms with Crippen molar-refractivity contribution < 1.29 is 9.47 Å². The highest BCUT2D eigenvalue weighted by molar-refractivity contribution is 5.41. The number of nitrogens with zero attached hydrogens (tertiary/aromatic N) is 1. The smallest absolute Gasteiger partial charge is 0.122 e. The van der Waals surface area contributed by atoms with Crippen molar-refractivity contribution in [1.29, 1.82) is 0 Å². The van der Waals surface area contributed by atoms with Crippen LogP contribution in [0.2, 0.25) is 0 Å². The summed E-state index contributed by atoms with van der Waals surface area (Å²) in [6, 6.07) is 6.38. The topological polar surface area (TPSA) is 47.7 Å². The molecule has 3 rings (SSSR count). The number of morpholine rings is 1. The highest BCUT2D eigenvalue weighted by Gasteiger charge is 2.35. The quantitative estimate of drug-likeness (QED) is 0.913. The van der Waals surface area contributed by atoms with Crippen molar-refractivity contribution >= 4 is 0 Å². The maximum atomic E-state index is 6.57. The third-order valence-corrected chi connectivity index (χ3v) is 4.66. The second kappa shape index (κ2) is 5.35. The van der Waals surface area contributed by atoms with E-state index >= 15 is 0 Å². The molecule has 1 atom stereocenters. The van der Waals surface area contributed by atoms with Crippen LogP contribution in [-0.4, -0.2) is 43.3 Å². The van der Waals surface area contributed by atoms with E-state index < -0.39 is 0 Å². The molecule has 1 saturated heterocycles. The predicted octanol–water partition coefficient (Wildman–Crippen LogP) is 1.73. The van der Waals surface area contributed by atoms with Crippen LogP contribution >= 0.6 is 0 Å². The normalized spacial score (nSPS) is 21.4. The van der Waals surface area contributed by atoms with Gasteiger partial charge in [0.25, 0.3) is 0 Å². The Bertz CT molecular complexity index is 481.